The molecule has 2 rings (SSSR count). The van der Waals surface area contributed by atoms with Crippen LogP contribution in [0.3, 0.4) is 0 Å². The maximum atomic E-state index is 13.4. The van der Waals surface area contributed by atoms with Gasteiger partial charge in [-0.2, -0.15) is 0 Å². The summed E-state index contributed by atoms with van der Waals surface area (Å²) < 4.78 is 29.6. The quantitative estimate of drug-likeness (QED) is 0.440. The maximum absolute atomic E-state index is 13.4. The molecule has 0 amide bonds. The molecule has 0 aromatic heterocycles. The third kappa shape index (κ3) is 7.39. The summed E-state index contributed by atoms with van der Waals surface area (Å²) in [5.41, 5.74) is -3.53. The van der Waals surface area contributed by atoms with E-state index < -0.39 is 77.3 Å². The van der Waals surface area contributed by atoms with Gasteiger partial charge < -0.3 is 39.0 Å². The van der Waals surface area contributed by atoms with Crippen LogP contribution in [0.2, 0.25) is 0 Å². The van der Waals surface area contributed by atoms with Crippen LogP contribution in [0.4, 0.5) is 0 Å². The number of aliphatic hydroxyl groups excluding tert-OH is 2. The number of carbonyl (C=O) groups is 2. The van der Waals surface area contributed by atoms with Gasteiger partial charge in [-0.1, -0.05) is 20.8 Å². The van der Waals surface area contributed by atoms with Gasteiger partial charge in [0.1, 0.15) is 23.6 Å². The number of esters is 1. The zero-order valence-corrected chi connectivity index (χ0v) is 25.6. The Morgan fingerprint density at radius 1 is 0.846 bits per heavy atom. The van der Waals surface area contributed by atoms with E-state index in [4.69, 9.17) is 23.7 Å². The maximum Gasteiger partial charge on any atom is 0.311 e. The fourth-order valence-electron chi connectivity index (χ4n) is 6.20. The van der Waals surface area contributed by atoms with Crippen molar-refractivity contribution in [2.24, 2.45) is 23.7 Å². The molecule has 0 saturated carbocycles. The van der Waals surface area contributed by atoms with E-state index in [9.17, 15) is 24.9 Å². The summed E-state index contributed by atoms with van der Waals surface area (Å²) in [5.74, 6) is -3.21. The van der Waals surface area contributed by atoms with Crippen LogP contribution in [0, 0.1) is 23.7 Å². The number of Topliss-reactive ketones (excluding diaryl/α,β-unsaturated/α-hetero) is 1. The number of carbonyl (C=O) groups excluding carboxylic acids is 2. The number of ether oxygens (including phenoxy) is 5. The average Bonchev–Trinajstić information content (AvgIpc) is 2.87. The highest BCUT2D eigenvalue weighted by Gasteiger charge is 2.49. The van der Waals surface area contributed by atoms with Crippen LogP contribution < -0.4 is 0 Å². The first-order chi connectivity index (χ1) is 17.8. The van der Waals surface area contributed by atoms with Crippen LogP contribution >= 0.6 is 0 Å². The van der Waals surface area contributed by atoms with Gasteiger partial charge in [0.15, 0.2) is 6.29 Å². The van der Waals surface area contributed by atoms with Crippen LogP contribution in [0.5, 0.6) is 0 Å². The molecule has 6 unspecified atom stereocenters. The largest absolute Gasteiger partial charge is 0.459 e. The van der Waals surface area contributed by atoms with E-state index in [1.165, 1.54) is 21.0 Å². The molecule has 3 N–H and O–H groups in total. The zero-order valence-electron chi connectivity index (χ0n) is 25.6. The molecule has 2 heterocycles. The lowest BCUT2D eigenvalue weighted by Crippen LogP contribution is -2.57. The second kappa shape index (κ2) is 12.8. The first-order valence-electron chi connectivity index (χ1n) is 14.1. The predicted octanol–water partition coefficient (Wildman–Crippen LogP) is 2.63. The number of hydrogen-bond acceptors (Lipinski definition) is 10. The first kappa shape index (κ1) is 34.1. The first-order valence-corrected chi connectivity index (χ1v) is 14.1. The SMILES string of the molecule is COC1(C)C[C@H](C)C(=O)C(C)[C@@H](O)[C@](C)(O)C(C)OC(=O)C(C)C(OC2C[C@](C)(OC)[C@H](O)[C@H](C)O2)[C@@H](C)C1. The van der Waals surface area contributed by atoms with E-state index in [1.807, 2.05) is 13.8 Å². The van der Waals surface area contributed by atoms with Crippen molar-refractivity contribution in [3.63, 3.8) is 0 Å². The van der Waals surface area contributed by atoms with E-state index in [-0.39, 0.29) is 18.1 Å². The molecule has 39 heavy (non-hydrogen) atoms. The van der Waals surface area contributed by atoms with E-state index >= 15 is 0 Å². The highest BCUT2D eigenvalue weighted by Crippen LogP contribution is 2.38. The minimum Gasteiger partial charge on any atom is -0.459 e. The Kier molecular flexibility index (Phi) is 11.2. The topological polar surface area (TPSA) is 141 Å². The van der Waals surface area contributed by atoms with Crippen LogP contribution in [0.15, 0.2) is 0 Å². The van der Waals surface area contributed by atoms with Crippen molar-refractivity contribution in [3.8, 4) is 0 Å². The van der Waals surface area contributed by atoms with Gasteiger partial charge in [-0.3, -0.25) is 9.59 Å². The van der Waals surface area contributed by atoms with Crippen molar-refractivity contribution in [1.82, 2.24) is 0 Å². The third-order valence-corrected chi connectivity index (χ3v) is 9.32. The Labute approximate surface area is 233 Å². The van der Waals surface area contributed by atoms with Crippen LogP contribution in [0.1, 0.15) is 81.6 Å². The Bertz CT molecular complexity index is 848. The Morgan fingerprint density at radius 3 is 1.97 bits per heavy atom. The molecular formula is C29H52O10. The van der Waals surface area contributed by atoms with Gasteiger partial charge in [-0.15, -0.1) is 0 Å². The minimum absolute atomic E-state index is 0.211. The lowest BCUT2D eigenvalue weighted by Gasteiger charge is -2.46. The van der Waals surface area contributed by atoms with Crippen LogP contribution in [0.25, 0.3) is 0 Å². The van der Waals surface area contributed by atoms with Crippen molar-refractivity contribution in [1.29, 1.82) is 0 Å². The van der Waals surface area contributed by atoms with Crippen molar-refractivity contribution in [2.45, 2.75) is 135 Å². The molecule has 2 saturated heterocycles. The molecule has 0 radical (unpaired) electrons. The lowest BCUT2D eigenvalue weighted by molar-refractivity contribution is -0.296. The molecule has 10 nitrogen and oxygen atoms in total. The molecule has 0 aliphatic carbocycles. The van der Waals surface area contributed by atoms with Gasteiger partial charge in [-0.25, -0.2) is 0 Å². The van der Waals surface area contributed by atoms with Gasteiger partial charge in [0, 0.05) is 32.5 Å². The zero-order chi connectivity index (χ0) is 30.1. The number of ketones is 1. The number of hydrogen-bond donors (Lipinski definition) is 3. The minimum atomic E-state index is -1.88. The molecule has 0 bridgehead atoms. The summed E-state index contributed by atoms with van der Waals surface area (Å²) in [5, 5.41) is 32.8. The molecule has 2 aliphatic rings. The van der Waals surface area contributed by atoms with Gasteiger partial charge in [0.2, 0.25) is 0 Å². The summed E-state index contributed by atoms with van der Waals surface area (Å²) in [6.07, 6.45) is -4.39. The molecule has 0 aromatic carbocycles. The second-order valence-corrected chi connectivity index (χ2v) is 12.7. The molecule has 2 aliphatic heterocycles. The van der Waals surface area contributed by atoms with Crippen LogP contribution in [-0.2, 0) is 33.3 Å². The summed E-state index contributed by atoms with van der Waals surface area (Å²) in [6.45, 7) is 15.3. The summed E-state index contributed by atoms with van der Waals surface area (Å²) >= 11 is 0. The fourth-order valence-corrected chi connectivity index (χ4v) is 6.20. The highest BCUT2D eigenvalue weighted by atomic mass is 16.7. The van der Waals surface area contributed by atoms with Crippen molar-refractivity contribution < 1.29 is 48.6 Å². The number of cyclic esters (lactones) is 1. The Balaban J connectivity index is 2.48. The molecule has 13 atom stereocenters. The Hall–Kier alpha value is -1.14. The van der Waals surface area contributed by atoms with E-state index in [2.05, 4.69) is 0 Å². The van der Waals surface area contributed by atoms with Crippen LogP contribution in [-0.4, -0.2) is 94.9 Å². The van der Waals surface area contributed by atoms with Crippen molar-refractivity contribution in [3.05, 3.63) is 0 Å². The number of rotatable bonds is 4. The van der Waals surface area contributed by atoms with Gasteiger partial charge in [-0.05, 0) is 60.3 Å². The van der Waals surface area contributed by atoms with Gasteiger partial charge in [0.25, 0.3) is 0 Å². The highest BCUT2D eigenvalue weighted by molar-refractivity contribution is 5.83. The van der Waals surface area contributed by atoms with Crippen molar-refractivity contribution >= 4 is 11.8 Å². The predicted molar refractivity (Wildman–Crippen MR) is 144 cm³/mol. The molecule has 0 aromatic rings. The van der Waals surface area contributed by atoms with E-state index in [0.29, 0.717) is 12.8 Å². The Morgan fingerprint density at radius 2 is 1.44 bits per heavy atom. The normalized spacial score (nSPS) is 49.3. The number of methoxy groups -OCH3 is 2. The van der Waals surface area contributed by atoms with E-state index in [1.54, 1.807) is 41.7 Å². The number of aliphatic hydroxyl groups is 3. The monoisotopic (exact) mass is 560 g/mol. The molecule has 0 spiro atoms. The molecule has 10 heteroatoms. The molecular weight excluding hydrogens is 508 g/mol. The van der Waals surface area contributed by atoms with Gasteiger partial charge in [0.05, 0.1) is 35.4 Å². The second-order valence-electron chi connectivity index (χ2n) is 12.7. The summed E-state index contributed by atoms with van der Waals surface area (Å²) in [6, 6.07) is 0. The average molecular weight is 561 g/mol. The standard InChI is InChI=1S/C29H52O10/c1-15-12-27(7,35-10)13-16(2)23(39-21-14-28(8,36-11)25(32)19(5)37-21)18(4)26(33)38-20(6)29(9,34)24(31)17(3)22(15)30/h15-21,23-25,31-32,34H,12-14H2,1-11H3/t15-,16-,17?,18?,19-,20?,21?,23?,24+,25+,27?,28-,29+/m0/s1. The lowest BCUT2D eigenvalue weighted by atomic mass is 9.75. The van der Waals surface area contributed by atoms with E-state index in [0.717, 1.165) is 0 Å². The molecule has 2 fully saturated rings. The third-order valence-electron chi connectivity index (χ3n) is 9.32. The smallest absolute Gasteiger partial charge is 0.311 e. The summed E-state index contributed by atoms with van der Waals surface area (Å²) in [4.78, 5) is 26.7. The van der Waals surface area contributed by atoms with Gasteiger partial charge >= 0.3 is 5.97 Å². The van der Waals surface area contributed by atoms with Crippen molar-refractivity contribution in [2.75, 3.05) is 14.2 Å². The fraction of sp³-hybridized carbons (Fsp3) is 0.931. The summed E-state index contributed by atoms with van der Waals surface area (Å²) in [7, 11) is 3.11. The molecule has 228 valence electrons.